The van der Waals surface area contributed by atoms with E-state index in [0.717, 1.165) is 24.9 Å². The molecule has 6 heteroatoms. The molecule has 2 aromatic rings. The molecule has 1 aliphatic heterocycles. The summed E-state index contributed by atoms with van der Waals surface area (Å²) >= 11 is 1.73. The number of nitrogens with zero attached hydrogens (tertiary/aromatic N) is 2. The molecule has 0 spiro atoms. The zero-order valence-electron chi connectivity index (χ0n) is 15.3. The molecule has 1 saturated heterocycles. The quantitative estimate of drug-likeness (QED) is 0.849. The topological polar surface area (TPSA) is 52.7 Å². The predicted molar refractivity (Wildman–Crippen MR) is 104 cm³/mol. The minimum absolute atomic E-state index is 0.0891. The van der Waals surface area contributed by atoms with Crippen molar-refractivity contribution in [3.63, 3.8) is 0 Å². The van der Waals surface area contributed by atoms with Crippen LogP contribution in [0.2, 0.25) is 0 Å². The Labute approximate surface area is 158 Å². The van der Waals surface area contributed by atoms with Crippen LogP contribution in [0.1, 0.15) is 39.7 Å². The molecule has 2 amide bonds. The third-order valence-corrected chi connectivity index (χ3v) is 5.72. The van der Waals surface area contributed by atoms with E-state index in [1.165, 1.54) is 4.88 Å². The monoisotopic (exact) mass is 371 g/mol. The number of nitrogens with one attached hydrogen (secondary N) is 1. The van der Waals surface area contributed by atoms with E-state index in [2.05, 4.69) is 22.8 Å². The summed E-state index contributed by atoms with van der Waals surface area (Å²) < 4.78 is 0. The first-order valence-corrected chi connectivity index (χ1v) is 9.79. The van der Waals surface area contributed by atoms with Crippen molar-refractivity contribution in [1.29, 1.82) is 0 Å². The molecule has 1 fully saturated rings. The second-order valence-corrected chi connectivity index (χ2v) is 7.69. The summed E-state index contributed by atoms with van der Waals surface area (Å²) in [5.74, 6) is 0.0964. The first-order valence-electron chi connectivity index (χ1n) is 8.91. The highest BCUT2D eigenvalue weighted by Gasteiger charge is 2.30. The van der Waals surface area contributed by atoms with Gasteiger partial charge in [0.05, 0.1) is 12.6 Å². The van der Waals surface area contributed by atoms with Crippen LogP contribution in [0, 0.1) is 0 Å². The van der Waals surface area contributed by atoms with Gasteiger partial charge in [-0.25, -0.2) is 0 Å². The lowest BCUT2D eigenvalue weighted by atomic mass is 10.1. The van der Waals surface area contributed by atoms with Crippen LogP contribution in [-0.2, 0) is 11.3 Å². The van der Waals surface area contributed by atoms with Gasteiger partial charge in [-0.05, 0) is 49.0 Å². The average molecular weight is 372 g/mol. The van der Waals surface area contributed by atoms with Crippen molar-refractivity contribution >= 4 is 23.2 Å². The zero-order valence-corrected chi connectivity index (χ0v) is 16.1. The van der Waals surface area contributed by atoms with Gasteiger partial charge in [-0.2, -0.15) is 0 Å². The number of benzene rings is 1. The summed E-state index contributed by atoms with van der Waals surface area (Å²) in [5.41, 5.74) is 1.73. The number of hydrogen-bond acceptors (Lipinski definition) is 4. The summed E-state index contributed by atoms with van der Waals surface area (Å²) in [6, 6.07) is 11.9. The molecule has 1 aromatic carbocycles. The van der Waals surface area contributed by atoms with Gasteiger partial charge >= 0.3 is 0 Å². The Morgan fingerprint density at radius 2 is 2.04 bits per heavy atom. The van der Waals surface area contributed by atoms with Crippen LogP contribution in [0.25, 0.3) is 0 Å². The molecule has 1 aromatic heterocycles. The largest absolute Gasteiger partial charge is 0.355 e. The third-order valence-electron chi connectivity index (χ3n) is 4.75. The van der Waals surface area contributed by atoms with Crippen LogP contribution in [0.5, 0.6) is 0 Å². The number of likely N-dealkylation sites (N-methyl/N-ethyl adjacent to an activating group) is 1. The Morgan fingerprint density at radius 3 is 2.69 bits per heavy atom. The minimum atomic E-state index is -0.0891. The van der Waals surface area contributed by atoms with E-state index < -0.39 is 0 Å². The molecule has 0 bridgehead atoms. The van der Waals surface area contributed by atoms with Gasteiger partial charge < -0.3 is 10.2 Å². The fourth-order valence-electron chi connectivity index (χ4n) is 3.44. The van der Waals surface area contributed by atoms with Crippen LogP contribution < -0.4 is 5.32 Å². The van der Waals surface area contributed by atoms with Gasteiger partial charge in [-0.15, -0.1) is 11.3 Å². The lowest BCUT2D eigenvalue weighted by Gasteiger charge is -2.26. The van der Waals surface area contributed by atoms with E-state index in [1.807, 2.05) is 41.1 Å². The SMILES string of the molecule is CNC(=O)c1ccc(CN(C)CC(=O)N2CCCC2c2cccs2)cc1. The number of carbonyl (C=O) groups excluding carboxylic acids is 2. The van der Waals surface area contributed by atoms with E-state index in [1.54, 1.807) is 18.4 Å². The molecule has 2 heterocycles. The first-order chi connectivity index (χ1) is 12.6. The Balaban J connectivity index is 1.56. The molecule has 0 saturated carbocycles. The fraction of sp³-hybridized carbons (Fsp3) is 0.400. The molecular weight excluding hydrogens is 346 g/mol. The Kier molecular flexibility index (Phi) is 6.06. The Morgan fingerprint density at radius 1 is 1.27 bits per heavy atom. The second kappa shape index (κ2) is 8.47. The summed E-state index contributed by atoms with van der Waals surface area (Å²) in [6.45, 7) is 1.92. The van der Waals surface area contributed by atoms with Gasteiger partial charge in [0.15, 0.2) is 0 Å². The Hall–Kier alpha value is -2.18. The second-order valence-electron chi connectivity index (χ2n) is 6.71. The lowest BCUT2D eigenvalue weighted by Crippen LogP contribution is -2.38. The molecule has 1 N–H and O–H groups in total. The van der Waals surface area contributed by atoms with Crippen molar-refractivity contribution in [3.05, 3.63) is 57.8 Å². The van der Waals surface area contributed by atoms with Crippen LogP contribution in [0.15, 0.2) is 41.8 Å². The van der Waals surface area contributed by atoms with Gasteiger partial charge in [0.1, 0.15) is 0 Å². The van der Waals surface area contributed by atoms with E-state index in [9.17, 15) is 9.59 Å². The number of hydrogen-bond donors (Lipinski definition) is 1. The third kappa shape index (κ3) is 4.31. The fourth-order valence-corrected chi connectivity index (χ4v) is 4.31. The van der Waals surface area contributed by atoms with E-state index in [0.29, 0.717) is 18.7 Å². The summed E-state index contributed by atoms with van der Waals surface area (Å²) in [4.78, 5) is 29.7. The normalized spacial score (nSPS) is 16.9. The number of amides is 2. The minimum Gasteiger partial charge on any atom is -0.355 e. The van der Waals surface area contributed by atoms with Crippen LogP contribution >= 0.6 is 11.3 Å². The number of carbonyl (C=O) groups is 2. The highest BCUT2D eigenvalue weighted by atomic mass is 32.1. The molecule has 138 valence electrons. The van der Waals surface area contributed by atoms with Gasteiger partial charge in [-0.1, -0.05) is 18.2 Å². The van der Waals surface area contributed by atoms with E-state index in [4.69, 9.17) is 0 Å². The molecule has 1 unspecified atom stereocenters. The zero-order chi connectivity index (χ0) is 18.5. The number of thiophene rings is 1. The molecule has 3 rings (SSSR count). The predicted octanol–water partition coefficient (Wildman–Crippen LogP) is 2.90. The average Bonchev–Trinajstić information content (AvgIpc) is 3.32. The van der Waals surface area contributed by atoms with Crippen LogP contribution in [0.3, 0.4) is 0 Å². The van der Waals surface area contributed by atoms with E-state index >= 15 is 0 Å². The van der Waals surface area contributed by atoms with E-state index in [-0.39, 0.29) is 17.9 Å². The molecule has 0 radical (unpaired) electrons. The van der Waals surface area contributed by atoms with Crippen molar-refractivity contribution < 1.29 is 9.59 Å². The van der Waals surface area contributed by atoms with Crippen molar-refractivity contribution in [2.75, 3.05) is 27.2 Å². The molecular formula is C20H25N3O2S. The first kappa shape index (κ1) is 18.6. The molecule has 1 aliphatic rings. The van der Waals surface area contributed by atoms with Gasteiger partial charge in [-0.3, -0.25) is 14.5 Å². The lowest BCUT2D eigenvalue weighted by molar-refractivity contribution is -0.133. The molecule has 0 aliphatic carbocycles. The maximum atomic E-state index is 12.8. The maximum Gasteiger partial charge on any atom is 0.251 e. The Bertz CT molecular complexity index is 743. The maximum absolute atomic E-state index is 12.8. The van der Waals surface area contributed by atoms with Crippen LogP contribution in [0.4, 0.5) is 0 Å². The smallest absolute Gasteiger partial charge is 0.251 e. The van der Waals surface area contributed by atoms with Gasteiger partial charge in [0.25, 0.3) is 5.91 Å². The van der Waals surface area contributed by atoms with Gasteiger partial charge in [0, 0.05) is 30.6 Å². The van der Waals surface area contributed by atoms with Crippen molar-refractivity contribution in [2.24, 2.45) is 0 Å². The summed E-state index contributed by atoms with van der Waals surface area (Å²) in [5, 5.41) is 4.69. The molecule has 26 heavy (non-hydrogen) atoms. The molecule has 5 nitrogen and oxygen atoms in total. The summed E-state index contributed by atoms with van der Waals surface area (Å²) in [7, 11) is 3.58. The van der Waals surface area contributed by atoms with Crippen molar-refractivity contribution in [2.45, 2.75) is 25.4 Å². The standard InChI is InChI=1S/C20H25N3O2S/c1-21-20(25)16-9-7-15(8-10-16)13-22(2)14-19(24)23-11-3-5-17(23)18-6-4-12-26-18/h4,6-10,12,17H,3,5,11,13-14H2,1-2H3,(H,21,25). The number of rotatable bonds is 6. The summed E-state index contributed by atoms with van der Waals surface area (Å²) in [6.07, 6.45) is 2.12. The highest BCUT2D eigenvalue weighted by molar-refractivity contribution is 7.10. The van der Waals surface area contributed by atoms with Crippen molar-refractivity contribution in [3.8, 4) is 0 Å². The molecule has 1 atom stereocenters. The highest BCUT2D eigenvalue weighted by Crippen LogP contribution is 2.34. The number of likely N-dealkylation sites (tertiary alicyclic amines) is 1. The van der Waals surface area contributed by atoms with Gasteiger partial charge in [0.2, 0.25) is 5.91 Å². The van der Waals surface area contributed by atoms with Crippen molar-refractivity contribution in [1.82, 2.24) is 15.1 Å². The van der Waals surface area contributed by atoms with Crippen LogP contribution in [-0.4, -0.2) is 48.8 Å².